The summed E-state index contributed by atoms with van der Waals surface area (Å²) in [7, 11) is 1.64. The van der Waals surface area contributed by atoms with Crippen LogP contribution in [0.2, 0.25) is 0 Å². The van der Waals surface area contributed by atoms with Gasteiger partial charge in [-0.15, -0.1) is 0 Å². The number of carbonyl (C=O) groups excluding carboxylic acids is 1. The number of amides is 1. The van der Waals surface area contributed by atoms with Gasteiger partial charge in [-0.1, -0.05) is 12.1 Å². The number of carbonyl (C=O) groups is 1. The van der Waals surface area contributed by atoms with E-state index in [2.05, 4.69) is 10.4 Å². The number of nitrogens with one attached hydrogen (secondary N) is 1. The Morgan fingerprint density at radius 3 is 2.61 bits per heavy atom. The molecule has 4 aromatic rings. The van der Waals surface area contributed by atoms with Crippen LogP contribution in [-0.2, 0) is 16.0 Å². The maximum Gasteiger partial charge on any atom is 0.224 e. The van der Waals surface area contributed by atoms with E-state index in [1.165, 1.54) is 0 Å². The fraction of sp³-hybridized carbons (Fsp3) is 0.292. The number of ether oxygens (including phenoxy) is 2. The predicted octanol–water partition coefficient (Wildman–Crippen LogP) is 4.10. The third kappa shape index (κ3) is 4.51. The molecular weight excluding hydrogens is 392 g/mol. The van der Waals surface area contributed by atoms with Gasteiger partial charge in [-0.2, -0.15) is 5.10 Å². The number of aryl methyl sites for hydroxylation is 2. The summed E-state index contributed by atoms with van der Waals surface area (Å²) in [5.41, 5.74) is 5.51. The van der Waals surface area contributed by atoms with Gasteiger partial charge < -0.3 is 14.8 Å². The summed E-state index contributed by atoms with van der Waals surface area (Å²) in [6.07, 6.45) is 0.961. The molecule has 2 aromatic carbocycles. The first-order chi connectivity index (χ1) is 15.1. The highest BCUT2D eigenvalue weighted by molar-refractivity contribution is 5.92. The highest BCUT2D eigenvalue weighted by Gasteiger charge is 2.15. The van der Waals surface area contributed by atoms with Crippen LogP contribution < -0.4 is 10.1 Å². The maximum absolute atomic E-state index is 12.5. The van der Waals surface area contributed by atoms with Crippen molar-refractivity contribution in [3.63, 3.8) is 0 Å². The van der Waals surface area contributed by atoms with Gasteiger partial charge in [0.1, 0.15) is 12.4 Å². The van der Waals surface area contributed by atoms with Crippen molar-refractivity contribution in [2.75, 3.05) is 25.6 Å². The van der Waals surface area contributed by atoms with E-state index >= 15 is 0 Å². The first-order valence-corrected chi connectivity index (χ1v) is 10.3. The standard InChI is InChI=1S/C24H26N4O3/c1-16-20(17(2)28-24(25-16)21-6-4-5-7-22(21)27-28)12-13-23(29)26-18-8-10-19(11-9-18)31-15-14-30-3/h4-11H,12-15H2,1-3H3,(H,26,29). The topological polar surface area (TPSA) is 77.8 Å². The second-order valence-electron chi connectivity index (χ2n) is 7.43. The molecule has 7 nitrogen and oxygen atoms in total. The van der Waals surface area contributed by atoms with Gasteiger partial charge in [0.15, 0.2) is 5.65 Å². The number of fused-ring (bicyclic) bond motifs is 3. The van der Waals surface area contributed by atoms with E-state index in [-0.39, 0.29) is 5.91 Å². The van der Waals surface area contributed by atoms with Gasteiger partial charge >= 0.3 is 0 Å². The lowest BCUT2D eigenvalue weighted by atomic mass is 10.1. The average Bonchev–Trinajstić information content (AvgIpc) is 3.14. The molecule has 0 aliphatic carbocycles. The molecule has 1 amide bonds. The molecule has 0 bridgehead atoms. The average molecular weight is 418 g/mol. The van der Waals surface area contributed by atoms with E-state index in [4.69, 9.17) is 14.5 Å². The van der Waals surface area contributed by atoms with Crippen molar-refractivity contribution in [2.24, 2.45) is 0 Å². The van der Waals surface area contributed by atoms with Crippen LogP contribution in [0.25, 0.3) is 16.6 Å². The molecule has 0 aliphatic heterocycles. The molecule has 31 heavy (non-hydrogen) atoms. The molecule has 1 N–H and O–H groups in total. The van der Waals surface area contributed by atoms with Crippen molar-refractivity contribution in [1.82, 2.24) is 14.6 Å². The third-order valence-corrected chi connectivity index (χ3v) is 5.31. The Morgan fingerprint density at radius 1 is 1.06 bits per heavy atom. The second kappa shape index (κ2) is 9.14. The van der Waals surface area contributed by atoms with E-state index in [0.717, 1.165) is 44.9 Å². The lowest BCUT2D eigenvalue weighted by Crippen LogP contribution is -2.14. The monoisotopic (exact) mass is 418 g/mol. The Kier molecular flexibility index (Phi) is 6.13. The molecule has 0 atom stereocenters. The zero-order chi connectivity index (χ0) is 21.8. The van der Waals surface area contributed by atoms with Crippen LogP contribution in [0.3, 0.4) is 0 Å². The first-order valence-electron chi connectivity index (χ1n) is 10.3. The van der Waals surface area contributed by atoms with E-state index in [1.54, 1.807) is 7.11 Å². The van der Waals surface area contributed by atoms with Gasteiger partial charge in [0, 0.05) is 36.0 Å². The smallest absolute Gasteiger partial charge is 0.224 e. The lowest BCUT2D eigenvalue weighted by Gasteiger charge is -2.11. The van der Waals surface area contributed by atoms with Gasteiger partial charge in [-0.25, -0.2) is 9.50 Å². The van der Waals surface area contributed by atoms with Gasteiger partial charge in [0.25, 0.3) is 0 Å². The summed E-state index contributed by atoms with van der Waals surface area (Å²) in [5.74, 6) is 0.699. The van der Waals surface area contributed by atoms with Crippen molar-refractivity contribution >= 4 is 28.1 Å². The summed E-state index contributed by atoms with van der Waals surface area (Å²) in [5, 5.41) is 8.66. The van der Waals surface area contributed by atoms with Crippen LogP contribution in [0.15, 0.2) is 48.5 Å². The second-order valence-corrected chi connectivity index (χ2v) is 7.43. The quantitative estimate of drug-likeness (QED) is 0.436. The minimum atomic E-state index is -0.0439. The number of hydrogen-bond donors (Lipinski definition) is 1. The van der Waals surface area contributed by atoms with Crippen molar-refractivity contribution < 1.29 is 14.3 Å². The normalized spacial score (nSPS) is 11.2. The SMILES string of the molecule is COCCOc1ccc(NC(=O)CCc2c(C)nc3c4ccccc4nn3c2C)cc1. The molecule has 2 aromatic heterocycles. The van der Waals surface area contributed by atoms with E-state index < -0.39 is 0 Å². The molecule has 0 radical (unpaired) electrons. The fourth-order valence-corrected chi connectivity index (χ4v) is 3.68. The first kappa shape index (κ1) is 20.8. The van der Waals surface area contributed by atoms with Crippen molar-refractivity contribution in [2.45, 2.75) is 26.7 Å². The molecular formula is C24H26N4O3. The summed E-state index contributed by atoms with van der Waals surface area (Å²) in [6.45, 7) is 5.05. The lowest BCUT2D eigenvalue weighted by molar-refractivity contribution is -0.116. The Balaban J connectivity index is 1.43. The molecule has 2 heterocycles. The van der Waals surface area contributed by atoms with Crippen LogP contribution in [0.5, 0.6) is 5.75 Å². The van der Waals surface area contributed by atoms with Gasteiger partial charge in [0.2, 0.25) is 5.91 Å². The number of rotatable bonds is 8. The van der Waals surface area contributed by atoms with Crippen LogP contribution >= 0.6 is 0 Å². The molecule has 0 saturated carbocycles. The van der Waals surface area contributed by atoms with E-state index in [9.17, 15) is 4.79 Å². The van der Waals surface area contributed by atoms with E-state index in [1.807, 2.05) is 66.9 Å². The van der Waals surface area contributed by atoms with Crippen molar-refractivity contribution in [3.05, 3.63) is 65.5 Å². The minimum Gasteiger partial charge on any atom is -0.491 e. The maximum atomic E-state index is 12.5. The zero-order valence-electron chi connectivity index (χ0n) is 18.0. The number of anilines is 1. The summed E-state index contributed by atoms with van der Waals surface area (Å²) < 4.78 is 12.4. The highest BCUT2D eigenvalue weighted by Crippen LogP contribution is 2.23. The van der Waals surface area contributed by atoms with Gasteiger partial charge in [-0.05, 0) is 62.2 Å². The Labute approximate surface area is 181 Å². The number of hydrogen-bond acceptors (Lipinski definition) is 5. The zero-order valence-corrected chi connectivity index (χ0v) is 18.0. The van der Waals surface area contributed by atoms with Crippen LogP contribution in [0.1, 0.15) is 23.4 Å². The number of aromatic nitrogens is 3. The Morgan fingerprint density at radius 2 is 1.84 bits per heavy atom. The minimum absolute atomic E-state index is 0.0439. The molecule has 7 heteroatoms. The molecule has 0 unspecified atom stereocenters. The Hall–Kier alpha value is -3.45. The fourth-order valence-electron chi connectivity index (χ4n) is 3.68. The van der Waals surface area contributed by atoms with Crippen molar-refractivity contribution in [3.8, 4) is 5.75 Å². The molecule has 160 valence electrons. The number of methoxy groups -OCH3 is 1. The van der Waals surface area contributed by atoms with Crippen LogP contribution in [-0.4, -0.2) is 40.8 Å². The molecule has 0 saturated heterocycles. The van der Waals surface area contributed by atoms with Crippen LogP contribution in [0, 0.1) is 13.8 Å². The predicted molar refractivity (Wildman–Crippen MR) is 121 cm³/mol. The largest absolute Gasteiger partial charge is 0.491 e. The van der Waals surface area contributed by atoms with Gasteiger partial charge in [0.05, 0.1) is 12.1 Å². The summed E-state index contributed by atoms with van der Waals surface area (Å²) >= 11 is 0. The molecule has 0 fully saturated rings. The number of nitrogens with zero attached hydrogens (tertiary/aromatic N) is 3. The van der Waals surface area contributed by atoms with Gasteiger partial charge in [-0.3, -0.25) is 4.79 Å². The highest BCUT2D eigenvalue weighted by atomic mass is 16.5. The van der Waals surface area contributed by atoms with E-state index in [0.29, 0.717) is 26.1 Å². The van der Waals surface area contributed by atoms with Crippen LogP contribution in [0.4, 0.5) is 5.69 Å². The van der Waals surface area contributed by atoms with Crippen molar-refractivity contribution in [1.29, 1.82) is 0 Å². The number of benzene rings is 2. The molecule has 4 rings (SSSR count). The molecule has 0 spiro atoms. The Bertz CT molecular complexity index is 1220. The third-order valence-electron chi connectivity index (χ3n) is 5.31. The summed E-state index contributed by atoms with van der Waals surface area (Å²) in [6, 6.07) is 15.3. The summed E-state index contributed by atoms with van der Waals surface area (Å²) in [4.78, 5) is 17.3. The molecule has 0 aliphatic rings.